The first-order valence-electron chi connectivity index (χ1n) is 8.18. The number of halogens is 1. The number of rotatable bonds is 6. The third-order valence-corrected chi connectivity index (χ3v) is 5.85. The Bertz CT molecular complexity index is 1160. The molecule has 6 nitrogen and oxygen atoms in total. The SMILES string of the molecule is Cc1ccc(-n2c(SCCCS(N)(=O)=O)nc3ccccc3c2=O)cc1F. The van der Waals surface area contributed by atoms with E-state index in [0.717, 1.165) is 0 Å². The Hall–Kier alpha value is -2.23. The average Bonchev–Trinajstić information content (AvgIpc) is 2.61. The molecule has 0 amide bonds. The zero-order chi connectivity index (χ0) is 19.6. The molecular formula is C18H18FN3O3S2. The van der Waals surface area contributed by atoms with Crippen LogP contribution in [0.4, 0.5) is 4.39 Å². The van der Waals surface area contributed by atoms with Crippen LogP contribution in [0.5, 0.6) is 0 Å². The number of thioether (sulfide) groups is 1. The molecule has 2 N–H and O–H groups in total. The first kappa shape index (κ1) is 19.5. The van der Waals surface area contributed by atoms with Gasteiger partial charge < -0.3 is 0 Å². The maximum atomic E-state index is 14.1. The Balaban J connectivity index is 2.07. The maximum absolute atomic E-state index is 14.1. The number of nitrogens with zero attached hydrogens (tertiary/aromatic N) is 2. The summed E-state index contributed by atoms with van der Waals surface area (Å²) in [6, 6.07) is 11.5. The topological polar surface area (TPSA) is 95.1 Å². The summed E-state index contributed by atoms with van der Waals surface area (Å²) >= 11 is 1.23. The number of aromatic nitrogens is 2. The lowest BCUT2D eigenvalue weighted by Crippen LogP contribution is -2.22. The molecule has 0 saturated carbocycles. The molecule has 0 saturated heterocycles. The van der Waals surface area contributed by atoms with Crippen molar-refractivity contribution in [1.29, 1.82) is 0 Å². The van der Waals surface area contributed by atoms with Crippen LogP contribution in [0.15, 0.2) is 52.4 Å². The van der Waals surface area contributed by atoms with E-state index in [4.69, 9.17) is 5.14 Å². The third-order valence-electron chi connectivity index (χ3n) is 3.96. The predicted molar refractivity (Wildman–Crippen MR) is 105 cm³/mol. The quantitative estimate of drug-likeness (QED) is 0.385. The number of fused-ring (bicyclic) bond motifs is 1. The highest BCUT2D eigenvalue weighted by Crippen LogP contribution is 2.23. The Labute approximate surface area is 160 Å². The Morgan fingerprint density at radius 1 is 1.22 bits per heavy atom. The fourth-order valence-corrected chi connectivity index (χ4v) is 4.26. The molecule has 0 bridgehead atoms. The number of para-hydroxylation sites is 1. The van der Waals surface area contributed by atoms with Gasteiger partial charge in [-0.25, -0.2) is 22.9 Å². The lowest BCUT2D eigenvalue weighted by Gasteiger charge is -2.13. The number of benzene rings is 2. The van der Waals surface area contributed by atoms with Crippen molar-refractivity contribution in [2.75, 3.05) is 11.5 Å². The molecule has 0 atom stereocenters. The molecule has 3 aromatic rings. The number of aryl methyl sites for hydroxylation is 1. The van der Waals surface area contributed by atoms with Gasteiger partial charge in [0.25, 0.3) is 5.56 Å². The number of hydrogen-bond donors (Lipinski definition) is 1. The van der Waals surface area contributed by atoms with Crippen LogP contribution in [0, 0.1) is 12.7 Å². The smallest absolute Gasteiger partial charge is 0.266 e. The minimum atomic E-state index is -3.55. The van der Waals surface area contributed by atoms with Gasteiger partial charge in [-0.05, 0) is 43.2 Å². The van der Waals surface area contributed by atoms with Crippen LogP contribution in [0.25, 0.3) is 16.6 Å². The van der Waals surface area contributed by atoms with E-state index >= 15 is 0 Å². The molecule has 3 rings (SSSR count). The third kappa shape index (κ3) is 4.55. The summed E-state index contributed by atoms with van der Waals surface area (Å²) < 4.78 is 37.6. The second-order valence-electron chi connectivity index (χ2n) is 6.05. The van der Waals surface area contributed by atoms with Crippen molar-refractivity contribution in [1.82, 2.24) is 9.55 Å². The minimum Gasteiger partial charge on any atom is -0.268 e. The lowest BCUT2D eigenvalue weighted by molar-refractivity contribution is 0.596. The van der Waals surface area contributed by atoms with Gasteiger partial charge in [0, 0.05) is 5.75 Å². The number of sulfonamides is 1. The van der Waals surface area contributed by atoms with Crippen LogP contribution in [-0.4, -0.2) is 29.5 Å². The van der Waals surface area contributed by atoms with Gasteiger partial charge in [-0.1, -0.05) is 30.0 Å². The number of nitrogens with two attached hydrogens (primary N) is 1. The van der Waals surface area contributed by atoms with Crippen LogP contribution in [0.1, 0.15) is 12.0 Å². The second kappa shape index (κ2) is 7.79. The van der Waals surface area contributed by atoms with Crippen molar-refractivity contribution < 1.29 is 12.8 Å². The average molecular weight is 407 g/mol. The monoisotopic (exact) mass is 407 g/mol. The second-order valence-corrected chi connectivity index (χ2v) is 8.85. The molecule has 0 aliphatic heterocycles. The molecule has 0 unspecified atom stereocenters. The van der Waals surface area contributed by atoms with Crippen LogP contribution in [-0.2, 0) is 10.0 Å². The van der Waals surface area contributed by atoms with Gasteiger partial charge >= 0.3 is 0 Å². The molecule has 0 fully saturated rings. The van der Waals surface area contributed by atoms with Crippen molar-refractivity contribution in [2.24, 2.45) is 5.14 Å². The van der Waals surface area contributed by atoms with E-state index in [1.165, 1.54) is 22.4 Å². The van der Waals surface area contributed by atoms with E-state index in [2.05, 4.69) is 4.98 Å². The summed E-state index contributed by atoms with van der Waals surface area (Å²) in [7, 11) is -3.55. The highest BCUT2D eigenvalue weighted by Gasteiger charge is 2.14. The predicted octanol–water partition coefficient (Wildman–Crippen LogP) is 2.60. The zero-order valence-corrected chi connectivity index (χ0v) is 16.2. The van der Waals surface area contributed by atoms with Crippen LogP contribution in [0.3, 0.4) is 0 Å². The molecule has 2 aromatic carbocycles. The van der Waals surface area contributed by atoms with Crippen molar-refractivity contribution in [3.8, 4) is 5.69 Å². The van der Waals surface area contributed by atoms with Crippen molar-refractivity contribution in [2.45, 2.75) is 18.5 Å². The van der Waals surface area contributed by atoms with E-state index in [1.807, 2.05) is 0 Å². The summed E-state index contributed by atoms with van der Waals surface area (Å²) in [6.07, 6.45) is 0.314. The summed E-state index contributed by atoms with van der Waals surface area (Å²) in [5.74, 6) is -0.176. The van der Waals surface area contributed by atoms with E-state index < -0.39 is 15.8 Å². The Morgan fingerprint density at radius 2 is 1.96 bits per heavy atom. The highest BCUT2D eigenvalue weighted by atomic mass is 32.2. The molecule has 0 radical (unpaired) electrons. The number of primary sulfonamides is 1. The molecule has 0 aliphatic carbocycles. The molecular weight excluding hydrogens is 389 g/mol. The van der Waals surface area contributed by atoms with E-state index in [0.29, 0.717) is 39.5 Å². The normalized spacial score (nSPS) is 11.8. The molecule has 27 heavy (non-hydrogen) atoms. The fraction of sp³-hybridized carbons (Fsp3) is 0.222. The molecule has 9 heteroatoms. The Morgan fingerprint density at radius 3 is 2.67 bits per heavy atom. The maximum Gasteiger partial charge on any atom is 0.266 e. The van der Waals surface area contributed by atoms with Gasteiger partial charge in [-0.15, -0.1) is 0 Å². The van der Waals surface area contributed by atoms with E-state index in [-0.39, 0.29) is 11.3 Å². The summed E-state index contributed by atoms with van der Waals surface area (Å²) in [4.78, 5) is 17.5. The van der Waals surface area contributed by atoms with E-state index in [1.54, 1.807) is 43.3 Å². The highest BCUT2D eigenvalue weighted by molar-refractivity contribution is 7.99. The van der Waals surface area contributed by atoms with Crippen molar-refractivity contribution in [3.05, 3.63) is 64.2 Å². The van der Waals surface area contributed by atoms with Gasteiger partial charge in [0.2, 0.25) is 10.0 Å². The number of hydrogen-bond acceptors (Lipinski definition) is 5. The summed E-state index contributed by atoms with van der Waals surface area (Å²) in [5, 5.41) is 5.81. The molecule has 0 aliphatic rings. The van der Waals surface area contributed by atoms with Crippen LogP contribution >= 0.6 is 11.8 Å². The van der Waals surface area contributed by atoms with Gasteiger partial charge in [0.15, 0.2) is 5.16 Å². The fourth-order valence-electron chi connectivity index (χ4n) is 2.58. The largest absolute Gasteiger partial charge is 0.268 e. The van der Waals surface area contributed by atoms with Crippen LogP contribution in [0.2, 0.25) is 0 Å². The molecule has 1 aromatic heterocycles. The lowest BCUT2D eigenvalue weighted by atomic mass is 10.2. The van der Waals surface area contributed by atoms with Crippen molar-refractivity contribution >= 4 is 32.7 Å². The summed E-state index contributed by atoms with van der Waals surface area (Å²) in [6.45, 7) is 1.64. The van der Waals surface area contributed by atoms with Gasteiger partial charge in [-0.3, -0.25) is 9.36 Å². The molecule has 142 valence electrons. The first-order chi connectivity index (χ1) is 12.8. The molecule has 1 heterocycles. The minimum absolute atomic E-state index is 0.156. The zero-order valence-electron chi connectivity index (χ0n) is 14.6. The van der Waals surface area contributed by atoms with E-state index in [9.17, 15) is 17.6 Å². The Kier molecular flexibility index (Phi) is 5.64. The van der Waals surface area contributed by atoms with Gasteiger partial charge in [-0.2, -0.15) is 0 Å². The van der Waals surface area contributed by atoms with Gasteiger partial charge in [0.05, 0.1) is 22.3 Å². The van der Waals surface area contributed by atoms with Crippen molar-refractivity contribution in [3.63, 3.8) is 0 Å². The standard InChI is InChI=1S/C18H18FN3O3S2/c1-12-7-8-13(11-15(12)19)22-17(23)14-5-2-3-6-16(14)21-18(22)26-9-4-10-27(20,24)25/h2-3,5-8,11H,4,9-10H2,1H3,(H2,20,24,25). The van der Waals surface area contributed by atoms with Crippen LogP contribution < -0.4 is 10.7 Å². The van der Waals surface area contributed by atoms with Gasteiger partial charge in [0.1, 0.15) is 5.82 Å². The first-order valence-corrected chi connectivity index (χ1v) is 10.9. The summed E-state index contributed by atoms with van der Waals surface area (Å²) in [5.41, 5.74) is 1.07. The molecule has 0 spiro atoms.